The number of hydrogen-bond donors (Lipinski definition) is 0. The molecule has 0 fully saturated rings. The minimum Gasteiger partial charge on any atom is -0.303 e. The molecule has 0 spiro atoms. The second-order valence-electron chi connectivity index (χ2n) is 2.61. The molecule has 0 amide bonds. The molecule has 0 aliphatic rings. The van der Waals surface area contributed by atoms with E-state index in [0.717, 1.165) is 10.0 Å². The zero-order valence-corrected chi connectivity index (χ0v) is 8.75. The molecule has 1 rings (SSSR count). The lowest BCUT2D eigenvalue weighted by Crippen LogP contribution is -2.01. The van der Waals surface area contributed by atoms with Crippen LogP contribution >= 0.6 is 15.9 Å². The number of nitrogens with zero attached hydrogens (tertiary/aromatic N) is 2. The van der Waals surface area contributed by atoms with Crippen molar-refractivity contribution >= 4 is 22.1 Å². The maximum atomic E-state index is 4.13. The summed E-state index contributed by atoms with van der Waals surface area (Å²) in [5.41, 5.74) is 1.09. The third-order valence-corrected chi connectivity index (χ3v) is 2.06. The molecule has 2 nitrogen and oxygen atoms in total. The van der Waals surface area contributed by atoms with Gasteiger partial charge in [0.25, 0.3) is 0 Å². The van der Waals surface area contributed by atoms with Gasteiger partial charge < -0.3 is 5.01 Å². The fourth-order valence-corrected chi connectivity index (χ4v) is 1.14. The van der Waals surface area contributed by atoms with Gasteiger partial charge in [0.05, 0.1) is 6.21 Å². The summed E-state index contributed by atoms with van der Waals surface area (Å²) in [6.45, 7) is 0. The standard InChI is InChI=1S/C9H11BrN2/c1-12(2)11-7-8-5-3-4-6-9(8)10/h3-7H,1-2H3/b11-7+. The molecule has 1 aromatic carbocycles. The Labute approximate surface area is 81.0 Å². The predicted octanol–water partition coefficient (Wildman–Crippen LogP) is 2.34. The van der Waals surface area contributed by atoms with E-state index in [1.165, 1.54) is 0 Å². The quantitative estimate of drug-likeness (QED) is 0.559. The van der Waals surface area contributed by atoms with E-state index in [1.807, 2.05) is 44.6 Å². The molecule has 0 atom stereocenters. The average molecular weight is 227 g/mol. The highest BCUT2D eigenvalue weighted by Gasteiger charge is 1.92. The molecule has 1 aromatic rings. The third-order valence-electron chi connectivity index (χ3n) is 1.33. The summed E-state index contributed by atoms with van der Waals surface area (Å²) in [5, 5.41) is 5.90. The smallest absolute Gasteiger partial charge is 0.0554 e. The van der Waals surface area contributed by atoms with Crippen molar-refractivity contribution in [3.8, 4) is 0 Å². The Balaban J connectivity index is 2.82. The summed E-state index contributed by atoms with van der Waals surface area (Å²) in [7, 11) is 3.79. The minimum atomic E-state index is 1.07. The monoisotopic (exact) mass is 226 g/mol. The first-order chi connectivity index (χ1) is 5.70. The number of halogens is 1. The van der Waals surface area contributed by atoms with Gasteiger partial charge in [0, 0.05) is 24.1 Å². The van der Waals surface area contributed by atoms with Crippen LogP contribution in [0.25, 0.3) is 0 Å². The first-order valence-corrected chi connectivity index (χ1v) is 4.45. The molecule has 0 heterocycles. The van der Waals surface area contributed by atoms with Gasteiger partial charge in [-0.15, -0.1) is 0 Å². The van der Waals surface area contributed by atoms with Crippen LogP contribution in [0.4, 0.5) is 0 Å². The van der Waals surface area contributed by atoms with Crippen LogP contribution in [0.1, 0.15) is 5.56 Å². The molecule has 0 saturated carbocycles. The number of hydrogen-bond acceptors (Lipinski definition) is 2. The van der Waals surface area contributed by atoms with Crippen molar-refractivity contribution in [2.45, 2.75) is 0 Å². The van der Waals surface area contributed by atoms with Crippen molar-refractivity contribution in [1.29, 1.82) is 0 Å². The van der Waals surface area contributed by atoms with Crippen molar-refractivity contribution in [2.24, 2.45) is 5.10 Å². The summed E-state index contributed by atoms with van der Waals surface area (Å²) < 4.78 is 1.07. The van der Waals surface area contributed by atoms with Crippen molar-refractivity contribution in [2.75, 3.05) is 14.1 Å². The maximum absolute atomic E-state index is 4.13. The van der Waals surface area contributed by atoms with Gasteiger partial charge in [0.1, 0.15) is 0 Å². The molecule has 0 unspecified atom stereocenters. The maximum Gasteiger partial charge on any atom is 0.0554 e. The summed E-state index contributed by atoms with van der Waals surface area (Å²) in [5.74, 6) is 0. The lowest BCUT2D eigenvalue weighted by molar-refractivity contribution is 0.440. The Kier molecular flexibility index (Phi) is 3.29. The molecule has 0 saturated heterocycles. The van der Waals surface area contributed by atoms with Crippen LogP contribution in [0.3, 0.4) is 0 Å². The fourth-order valence-electron chi connectivity index (χ4n) is 0.757. The highest BCUT2D eigenvalue weighted by molar-refractivity contribution is 9.10. The topological polar surface area (TPSA) is 15.6 Å². The molecule has 12 heavy (non-hydrogen) atoms. The first kappa shape index (κ1) is 9.26. The van der Waals surface area contributed by atoms with Gasteiger partial charge in [0.2, 0.25) is 0 Å². The van der Waals surface area contributed by atoms with Gasteiger partial charge >= 0.3 is 0 Å². The Morgan fingerprint density at radius 1 is 1.33 bits per heavy atom. The van der Waals surface area contributed by atoms with Crippen LogP contribution in [-0.4, -0.2) is 25.3 Å². The van der Waals surface area contributed by atoms with Crippen LogP contribution in [0, 0.1) is 0 Å². The van der Waals surface area contributed by atoms with Gasteiger partial charge in [-0.1, -0.05) is 34.1 Å². The Bertz CT molecular complexity index is 282. The van der Waals surface area contributed by atoms with Gasteiger partial charge in [-0.05, 0) is 6.07 Å². The van der Waals surface area contributed by atoms with Crippen LogP contribution in [0.5, 0.6) is 0 Å². The summed E-state index contributed by atoms with van der Waals surface area (Å²) >= 11 is 3.44. The van der Waals surface area contributed by atoms with Gasteiger partial charge in [-0.3, -0.25) is 0 Å². The normalized spacial score (nSPS) is 10.6. The number of benzene rings is 1. The lowest BCUT2D eigenvalue weighted by atomic mass is 10.2. The second kappa shape index (κ2) is 4.26. The first-order valence-electron chi connectivity index (χ1n) is 3.66. The van der Waals surface area contributed by atoms with E-state index in [0.29, 0.717) is 0 Å². The molecule has 0 N–H and O–H groups in total. The van der Waals surface area contributed by atoms with E-state index < -0.39 is 0 Å². The molecule has 0 bridgehead atoms. The highest BCUT2D eigenvalue weighted by Crippen LogP contribution is 2.13. The van der Waals surface area contributed by atoms with Crippen LogP contribution in [0.15, 0.2) is 33.8 Å². The number of rotatable bonds is 2. The van der Waals surface area contributed by atoms with Crippen LogP contribution in [-0.2, 0) is 0 Å². The predicted molar refractivity (Wildman–Crippen MR) is 55.4 cm³/mol. The zero-order chi connectivity index (χ0) is 8.97. The summed E-state index contributed by atoms with van der Waals surface area (Å²) in [4.78, 5) is 0. The van der Waals surface area contributed by atoms with Crippen molar-refractivity contribution in [1.82, 2.24) is 5.01 Å². The van der Waals surface area contributed by atoms with E-state index in [2.05, 4.69) is 21.0 Å². The van der Waals surface area contributed by atoms with Gasteiger partial charge in [0.15, 0.2) is 0 Å². The molecule has 0 aromatic heterocycles. The van der Waals surface area contributed by atoms with E-state index in [1.54, 1.807) is 5.01 Å². The number of hydrazone groups is 1. The summed E-state index contributed by atoms with van der Waals surface area (Å²) in [6, 6.07) is 7.98. The third kappa shape index (κ3) is 2.66. The molecule has 64 valence electrons. The molecular formula is C9H11BrN2. The van der Waals surface area contributed by atoms with E-state index in [9.17, 15) is 0 Å². The molecule has 0 aliphatic heterocycles. The second-order valence-corrected chi connectivity index (χ2v) is 3.47. The summed E-state index contributed by atoms with van der Waals surface area (Å²) in [6.07, 6.45) is 1.82. The SMILES string of the molecule is CN(C)/N=C/c1ccccc1Br. The van der Waals surface area contributed by atoms with Crippen molar-refractivity contribution in [3.05, 3.63) is 34.3 Å². The zero-order valence-electron chi connectivity index (χ0n) is 7.16. The Hall–Kier alpha value is -0.830. The van der Waals surface area contributed by atoms with E-state index in [4.69, 9.17) is 0 Å². The molecule has 0 aliphatic carbocycles. The van der Waals surface area contributed by atoms with E-state index in [-0.39, 0.29) is 0 Å². The van der Waals surface area contributed by atoms with E-state index >= 15 is 0 Å². The molecule has 0 radical (unpaired) electrons. The molecular weight excluding hydrogens is 216 g/mol. The van der Waals surface area contributed by atoms with Crippen LogP contribution < -0.4 is 0 Å². The van der Waals surface area contributed by atoms with Crippen molar-refractivity contribution in [3.63, 3.8) is 0 Å². The van der Waals surface area contributed by atoms with Gasteiger partial charge in [-0.2, -0.15) is 5.10 Å². The fraction of sp³-hybridized carbons (Fsp3) is 0.222. The van der Waals surface area contributed by atoms with Crippen LogP contribution in [0.2, 0.25) is 0 Å². The van der Waals surface area contributed by atoms with Gasteiger partial charge in [-0.25, -0.2) is 0 Å². The van der Waals surface area contributed by atoms with Crippen molar-refractivity contribution < 1.29 is 0 Å². The Morgan fingerprint density at radius 2 is 2.00 bits per heavy atom. The highest BCUT2D eigenvalue weighted by atomic mass is 79.9. The minimum absolute atomic E-state index is 1.07. The largest absolute Gasteiger partial charge is 0.303 e. The lowest BCUT2D eigenvalue weighted by Gasteiger charge is -2.02. The average Bonchev–Trinajstić information content (AvgIpc) is 2.03. The molecule has 3 heteroatoms. The Morgan fingerprint density at radius 3 is 2.58 bits per heavy atom.